The topological polar surface area (TPSA) is 102 Å². The highest BCUT2D eigenvalue weighted by atomic mass is 35.5. The molecule has 0 unspecified atom stereocenters. The predicted octanol–water partition coefficient (Wildman–Crippen LogP) is 1.82. The number of nitriles is 1. The molecule has 8 nitrogen and oxygen atoms in total. The summed E-state index contributed by atoms with van der Waals surface area (Å²) in [7, 11) is 0. The van der Waals surface area contributed by atoms with Crippen molar-refractivity contribution < 1.29 is 14.0 Å². The summed E-state index contributed by atoms with van der Waals surface area (Å²) in [6.07, 6.45) is 2.64. The molecule has 0 bridgehead atoms. The van der Waals surface area contributed by atoms with E-state index in [1.54, 1.807) is 4.90 Å². The average molecular weight is 403 g/mol. The molecule has 144 valence electrons. The SMILES string of the molecule is N#Cc1nccnc1N1CCN(C(=O)CC(=O)Nc2ccc(F)c(Cl)c2)CC1. The van der Waals surface area contributed by atoms with E-state index in [1.165, 1.54) is 24.5 Å². The summed E-state index contributed by atoms with van der Waals surface area (Å²) in [6.45, 7) is 1.76. The summed E-state index contributed by atoms with van der Waals surface area (Å²) in [5.74, 6) is -0.917. The molecule has 2 heterocycles. The Morgan fingerprint density at radius 2 is 1.93 bits per heavy atom. The Morgan fingerprint density at radius 1 is 1.21 bits per heavy atom. The van der Waals surface area contributed by atoms with E-state index in [1.807, 2.05) is 11.0 Å². The van der Waals surface area contributed by atoms with Crippen LogP contribution >= 0.6 is 11.6 Å². The molecule has 1 saturated heterocycles. The minimum Gasteiger partial charge on any atom is -0.351 e. The smallest absolute Gasteiger partial charge is 0.233 e. The highest BCUT2D eigenvalue weighted by Gasteiger charge is 2.25. The molecular weight excluding hydrogens is 387 g/mol. The van der Waals surface area contributed by atoms with Crippen LogP contribution in [0.2, 0.25) is 5.02 Å². The maximum atomic E-state index is 13.2. The van der Waals surface area contributed by atoms with Crippen LogP contribution < -0.4 is 10.2 Å². The van der Waals surface area contributed by atoms with Crippen LogP contribution in [0.1, 0.15) is 12.1 Å². The maximum Gasteiger partial charge on any atom is 0.233 e. The van der Waals surface area contributed by atoms with Gasteiger partial charge in [0.2, 0.25) is 11.8 Å². The van der Waals surface area contributed by atoms with Gasteiger partial charge in [0, 0.05) is 44.3 Å². The van der Waals surface area contributed by atoms with Crippen molar-refractivity contribution in [1.82, 2.24) is 14.9 Å². The summed E-state index contributed by atoms with van der Waals surface area (Å²) in [6, 6.07) is 5.80. The Hall–Kier alpha value is -3.25. The van der Waals surface area contributed by atoms with Gasteiger partial charge in [0.1, 0.15) is 18.3 Å². The van der Waals surface area contributed by atoms with Crippen molar-refractivity contribution in [2.45, 2.75) is 6.42 Å². The van der Waals surface area contributed by atoms with E-state index in [0.29, 0.717) is 37.7 Å². The van der Waals surface area contributed by atoms with E-state index < -0.39 is 11.7 Å². The van der Waals surface area contributed by atoms with Crippen LogP contribution in [0.4, 0.5) is 15.9 Å². The van der Waals surface area contributed by atoms with Gasteiger partial charge in [0.05, 0.1) is 5.02 Å². The predicted molar refractivity (Wildman–Crippen MR) is 100 cm³/mol. The van der Waals surface area contributed by atoms with Crippen molar-refractivity contribution in [3.8, 4) is 6.07 Å². The van der Waals surface area contributed by atoms with Crippen LogP contribution in [0.5, 0.6) is 0 Å². The third kappa shape index (κ3) is 4.53. The zero-order valence-corrected chi connectivity index (χ0v) is 15.5. The fourth-order valence-corrected chi connectivity index (χ4v) is 3.02. The van der Waals surface area contributed by atoms with E-state index in [4.69, 9.17) is 16.9 Å². The number of piperazine rings is 1. The van der Waals surface area contributed by atoms with Crippen LogP contribution in [0.15, 0.2) is 30.6 Å². The van der Waals surface area contributed by atoms with Gasteiger partial charge in [-0.2, -0.15) is 5.26 Å². The third-order valence-corrected chi connectivity index (χ3v) is 4.52. The molecule has 1 aliphatic heterocycles. The Balaban J connectivity index is 1.53. The van der Waals surface area contributed by atoms with Crippen LogP contribution in [0.25, 0.3) is 0 Å². The van der Waals surface area contributed by atoms with Crippen molar-refractivity contribution in [2.24, 2.45) is 0 Å². The van der Waals surface area contributed by atoms with E-state index in [9.17, 15) is 14.0 Å². The molecule has 2 aromatic rings. The monoisotopic (exact) mass is 402 g/mol. The second-order valence-electron chi connectivity index (χ2n) is 6.06. The third-order valence-electron chi connectivity index (χ3n) is 4.23. The number of hydrogen-bond donors (Lipinski definition) is 1. The number of aromatic nitrogens is 2. The summed E-state index contributed by atoms with van der Waals surface area (Å²) in [5.41, 5.74) is 0.556. The van der Waals surface area contributed by atoms with Crippen molar-refractivity contribution in [3.05, 3.63) is 47.1 Å². The van der Waals surface area contributed by atoms with Crippen LogP contribution in [-0.2, 0) is 9.59 Å². The lowest BCUT2D eigenvalue weighted by Gasteiger charge is -2.35. The second-order valence-corrected chi connectivity index (χ2v) is 6.47. The Bertz CT molecular complexity index is 940. The second kappa shape index (κ2) is 8.63. The molecule has 0 atom stereocenters. The molecule has 28 heavy (non-hydrogen) atoms. The fraction of sp³-hybridized carbons (Fsp3) is 0.278. The van der Waals surface area contributed by atoms with E-state index in [-0.39, 0.29) is 23.0 Å². The number of nitrogens with zero attached hydrogens (tertiary/aromatic N) is 5. The number of anilines is 2. The molecule has 1 aromatic heterocycles. The number of halogens is 2. The first kappa shape index (κ1) is 19.5. The quantitative estimate of drug-likeness (QED) is 0.782. The minimum absolute atomic E-state index is 0.110. The van der Waals surface area contributed by atoms with Crippen LogP contribution in [-0.4, -0.2) is 52.9 Å². The molecule has 3 rings (SSSR count). The van der Waals surface area contributed by atoms with E-state index in [2.05, 4.69) is 15.3 Å². The molecule has 2 amide bonds. The number of carbonyl (C=O) groups excluding carboxylic acids is 2. The normalized spacial score (nSPS) is 13.8. The molecule has 1 N–H and O–H groups in total. The summed E-state index contributed by atoms with van der Waals surface area (Å²) < 4.78 is 13.2. The number of amides is 2. The fourth-order valence-electron chi connectivity index (χ4n) is 2.84. The molecule has 1 aromatic carbocycles. The summed E-state index contributed by atoms with van der Waals surface area (Å²) in [4.78, 5) is 36.1. The van der Waals surface area contributed by atoms with Crippen molar-refractivity contribution in [2.75, 3.05) is 36.4 Å². The number of nitrogens with one attached hydrogen (secondary N) is 1. The van der Waals surface area contributed by atoms with Crippen molar-refractivity contribution in [3.63, 3.8) is 0 Å². The van der Waals surface area contributed by atoms with Gasteiger partial charge < -0.3 is 15.1 Å². The van der Waals surface area contributed by atoms with Gasteiger partial charge in [0.15, 0.2) is 11.5 Å². The van der Waals surface area contributed by atoms with Crippen molar-refractivity contribution in [1.29, 1.82) is 5.26 Å². The van der Waals surface area contributed by atoms with Crippen molar-refractivity contribution >= 4 is 34.9 Å². The standard InChI is InChI=1S/C18H16ClFN6O2/c19-13-9-12(1-2-14(13)20)24-16(27)10-17(28)25-5-7-26(8-6-25)18-15(11-21)22-3-4-23-18/h1-4,9H,5-8,10H2,(H,24,27). The van der Waals surface area contributed by atoms with Crippen LogP contribution in [0.3, 0.4) is 0 Å². The molecule has 0 spiro atoms. The Labute approximate surface area is 165 Å². The minimum atomic E-state index is -0.587. The Kier molecular flexibility index (Phi) is 6.01. The molecule has 1 fully saturated rings. The van der Waals surface area contributed by atoms with Crippen LogP contribution in [0, 0.1) is 17.1 Å². The molecule has 10 heteroatoms. The first-order chi connectivity index (χ1) is 13.5. The molecule has 0 saturated carbocycles. The number of hydrogen-bond acceptors (Lipinski definition) is 6. The lowest BCUT2D eigenvalue weighted by molar-refractivity contribution is -0.134. The van der Waals surface area contributed by atoms with Gasteiger partial charge in [-0.1, -0.05) is 11.6 Å². The maximum absolute atomic E-state index is 13.2. The lowest BCUT2D eigenvalue weighted by atomic mass is 10.2. The zero-order chi connectivity index (χ0) is 20.1. The van der Waals surface area contributed by atoms with Gasteiger partial charge in [0.25, 0.3) is 0 Å². The highest BCUT2D eigenvalue weighted by molar-refractivity contribution is 6.31. The lowest BCUT2D eigenvalue weighted by Crippen LogP contribution is -2.49. The summed E-state index contributed by atoms with van der Waals surface area (Å²) in [5, 5.41) is 11.5. The number of carbonyl (C=O) groups is 2. The largest absolute Gasteiger partial charge is 0.351 e. The highest BCUT2D eigenvalue weighted by Crippen LogP contribution is 2.20. The van der Waals surface area contributed by atoms with Gasteiger partial charge in [-0.15, -0.1) is 0 Å². The van der Waals surface area contributed by atoms with E-state index >= 15 is 0 Å². The van der Waals surface area contributed by atoms with Gasteiger partial charge in [-0.25, -0.2) is 14.4 Å². The van der Waals surface area contributed by atoms with Gasteiger partial charge in [-0.05, 0) is 18.2 Å². The van der Waals surface area contributed by atoms with Gasteiger partial charge in [-0.3, -0.25) is 9.59 Å². The first-order valence-corrected chi connectivity index (χ1v) is 8.84. The molecule has 0 aliphatic carbocycles. The zero-order valence-electron chi connectivity index (χ0n) is 14.7. The van der Waals surface area contributed by atoms with Gasteiger partial charge >= 0.3 is 0 Å². The molecule has 1 aliphatic rings. The number of rotatable bonds is 4. The average Bonchev–Trinajstić information content (AvgIpc) is 2.70. The number of benzene rings is 1. The molecule has 0 radical (unpaired) electrons. The molecular formula is C18H16ClFN6O2. The Morgan fingerprint density at radius 3 is 2.61 bits per heavy atom. The van der Waals surface area contributed by atoms with E-state index in [0.717, 1.165) is 6.07 Å². The first-order valence-electron chi connectivity index (χ1n) is 8.46. The summed E-state index contributed by atoms with van der Waals surface area (Å²) >= 11 is 5.67.